The molecule has 0 bridgehead atoms. The van der Waals surface area contributed by atoms with E-state index < -0.39 is 5.54 Å². The van der Waals surface area contributed by atoms with Crippen LogP contribution >= 0.6 is 0 Å². The lowest BCUT2D eigenvalue weighted by Crippen LogP contribution is -2.57. The summed E-state index contributed by atoms with van der Waals surface area (Å²) in [5.74, 6) is -0.0969. The summed E-state index contributed by atoms with van der Waals surface area (Å²) in [5.41, 5.74) is 0.145. The van der Waals surface area contributed by atoms with Gasteiger partial charge < -0.3 is 14.5 Å². The number of ether oxygens (including phenoxy) is 1. The number of morpholine rings is 1. The molecule has 4 rings (SSSR count). The Kier molecular flexibility index (Phi) is 6.06. The Labute approximate surface area is 177 Å². The Hall–Kier alpha value is -2.45. The number of rotatable bonds is 5. The van der Waals surface area contributed by atoms with E-state index in [-0.39, 0.29) is 17.8 Å². The van der Waals surface area contributed by atoms with Gasteiger partial charge in [-0.25, -0.2) is 4.79 Å². The zero-order valence-corrected chi connectivity index (χ0v) is 17.6. The van der Waals surface area contributed by atoms with E-state index in [0.717, 1.165) is 18.7 Å². The third kappa shape index (κ3) is 3.94. The first-order valence-corrected chi connectivity index (χ1v) is 10.7. The molecule has 0 N–H and O–H groups in total. The van der Waals surface area contributed by atoms with E-state index in [2.05, 4.69) is 4.90 Å². The number of benzene rings is 1. The lowest BCUT2D eigenvalue weighted by molar-refractivity contribution is -0.140. The number of nitrogens with zero attached hydrogens (tertiary/aromatic N) is 4. The van der Waals surface area contributed by atoms with Crippen LogP contribution in [0.25, 0.3) is 0 Å². The number of hydrogen-bond acceptors (Lipinski definition) is 5. The van der Waals surface area contributed by atoms with Crippen molar-refractivity contribution in [2.45, 2.75) is 31.8 Å². The molecule has 3 aliphatic heterocycles. The number of piperidine rings is 1. The number of carbonyl (C=O) groups excluding carboxylic acids is 3. The SMILES string of the molecule is CC(=O)N1CCC2(CC1)C(=O)N(CCN1CCOCC1)C(=O)N2Cc1ccccc1. The first-order chi connectivity index (χ1) is 14.5. The van der Waals surface area contributed by atoms with Gasteiger partial charge in [-0.15, -0.1) is 0 Å². The molecule has 162 valence electrons. The summed E-state index contributed by atoms with van der Waals surface area (Å²) in [6.45, 7) is 7.02. The Balaban J connectivity index is 1.54. The molecule has 3 fully saturated rings. The average Bonchev–Trinajstić information content (AvgIpc) is 2.95. The molecule has 1 spiro atoms. The molecule has 3 heterocycles. The Morgan fingerprint density at radius 2 is 1.67 bits per heavy atom. The molecule has 0 saturated carbocycles. The van der Waals surface area contributed by atoms with Crippen molar-refractivity contribution in [1.82, 2.24) is 19.6 Å². The fraction of sp³-hybridized carbons (Fsp3) is 0.591. The lowest BCUT2D eigenvalue weighted by atomic mass is 9.85. The number of carbonyl (C=O) groups is 3. The van der Waals surface area contributed by atoms with Gasteiger partial charge in [0.05, 0.1) is 13.2 Å². The standard InChI is InChI=1S/C22H30N4O4/c1-18(27)24-9-7-22(8-10-24)20(28)25(12-11-23-13-15-30-16-14-23)21(29)26(22)17-19-5-3-2-4-6-19/h2-6H,7-17H2,1H3. The summed E-state index contributed by atoms with van der Waals surface area (Å²) < 4.78 is 5.39. The quantitative estimate of drug-likeness (QED) is 0.676. The number of hydrogen-bond donors (Lipinski definition) is 0. The first-order valence-electron chi connectivity index (χ1n) is 10.7. The van der Waals surface area contributed by atoms with E-state index in [9.17, 15) is 14.4 Å². The molecular formula is C22H30N4O4. The minimum atomic E-state index is -0.857. The largest absolute Gasteiger partial charge is 0.379 e. The topological polar surface area (TPSA) is 73.4 Å². The van der Waals surface area contributed by atoms with Gasteiger partial charge in [-0.1, -0.05) is 30.3 Å². The fourth-order valence-electron chi connectivity index (χ4n) is 4.71. The summed E-state index contributed by atoms with van der Waals surface area (Å²) in [5, 5.41) is 0. The molecule has 3 aliphatic rings. The molecular weight excluding hydrogens is 384 g/mol. The highest BCUT2D eigenvalue weighted by Gasteiger charge is 2.57. The molecule has 0 atom stereocenters. The van der Waals surface area contributed by atoms with Crippen molar-refractivity contribution >= 4 is 17.8 Å². The molecule has 4 amide bonds. The highest BCUT2D eigenvalue weighted by atomic mass is 16.5. The second-order valence-corrected chi connectivity index (χ2v) is 8.30. The first kappa shape index (κ1) is 20.8. The molecule has 3 saturated heterocycles. The fourth-order valence-corrected chi connectivity index (χ4v) is 4.71. The van der Waals surface area contributed by atoms with Crippen LogP contribution in [0.3, 0.4) is 0 Å². The van der Waals surface area contributed by atoms with Gasteiger partial charge >= 0.3 is 6.03 Å². The van der Waals surface area contributed by atoms with Crippen LogP contribution in [0.5, 0.6) is 0 Å². The van der Waals surface area contributed by atoms with Crippen LogP contribution in [-0.2, 0) is 20.9 Å². The van der Waals surface area contributed by atoms with Crippen LogP contribution in [0.1, 0.15) is 25.3 Å². The molecule has 8 nitrogen and oxygen atoms in total. The maximum absolute atomic E-state index is 13.6. The molecule has 0 radical (unpaired) electrons. The minimum Gasteiger partial charge on any atom is -0.379 e. The zero-order valence-electron chi connectivity index (χ0n) is 17.6. The molecule has 1 aromatic carbocycles. The van der Waals surface area contributed by atoms with E-state index in [0.29, 0.717) is 58.8 Å². The Bertz CT molecular complexity index is 786. The van der Waals surface area contributed by atoms with Gasteiger partial charge in [-0.05, 0) is 18.4 Å². The second-order valence-electron chi connectivity index (χ2n) is 8.30. The van der Waals surface area contributed by atoms with E-state index in [1.165, 1.54) is 4.90 Å². The summed E-state index contributed by atoms with van der Waals surface area (Å²) in [6.07, 6.45) is 0.968. The van der Waals surface area contributed by atoms with Gasteiger partial charge in [0.1, 0.15) is 5.54 Å². The van der Waals surface area contributed by atoms with Crippen molar-refractivity contribution in [3.8, 4) is 0 Å². The normalized spacial score (nSPS) is 22.2. The summed E-state index contributed by atoms with van der Waals surface area (Å²) in [6, 6.07) is 9.57. The Morgan fingerprint density at radius 3 is 2.30 bits per heavy atom. The third-order valence-corrected chi connectivity index (χ3v) is 6.58. The third-order valence-electron chi connectivity index (χ3n) is 6.58. The van der Waals surface area contributed by atoms with Gasteiger partial charge in [0, 0.05) is 52.7 Å². The van der Waals surface area contributed by atoms with Gasteiger partial charge in [0.15, 0.2) is 0 Å². The molecule has 30 heavy (non-hydrogen) atoms. The van der Waals surface area contributed by atoms with Gasteiger partial charge in [-0.2, -0.15) is 0 Å². The number of urea groups is 1. The van der Waals surface area contributed by atoms with Gasteiger partial charge in [-0.3, -0.25) is 19.4 Å². The second kappa shape index (κ2) is 8.73. The van der Waals surface area contributed by atoms with Crippen molar-refractivity contribution in [2.75, 3.05) is 52.5 Å². The lowest BCUT2D eigenvalue weighted by Gasteiger charge is -2.42. The van der Waals surface area contributed by atoms with Crippen LogP contribution in [0.15, 0.2) is 30.3 Å². The van der Waals surface area contributed by atoms with Gasteiger partial charge in [0.2, 0.25) is 5.91 Å². The van der Waals surface area contributed by atoms with Crippen molar-refractivity contribution < 1.29 is 19.1 Å². The van der Waals surface area contributed by atoms with Crippen molar-refractivity contribution in [3.05, 3.63) is 35.9 Å². The smallest absolute Gasteiger partial charge is 0.328 e. The number of likely N-dealkylation sites (tertiary alicyclic amines) is 1. The molecule has 0 unspecified atom stereocenters. The van der Waals surface area contributed by atoms with E-state index in [1.54, 1.807) is 16.7 Å². The van der Waals surface area contributed by atoms with E-state index in [4.69, 9.17) is 4.74 Å². The predicted molar refractivity (Wildman–Crippen MR) is 111 cm³/mol. The average molecular weight is 415 g/mol. The van der Waals surface area contributed by atoms with Crippen molar-refractivity contribution in [1.29, 1.82) is 0 Å². The van der Waals surface area contributed by atoms with E-state index >= 15 is 0 Å². The number of amides is 4. The van der Waals surface area contributed by atoms with Crippen LogP contribution < -0.4 is 0 Å². The zero-order chi connectivity index (χ0) is 21.1. The van der Waals surface area contributed by atoms with E-state index in [1.807, 2.05) is 30.3 Å². The molecule has 1 aromatic rings. The van der Waals surface area contributed by atoms with Crippen LogP contribution in [0, 0.1) is 0 Å². The minimum absolute atomic E-state index is 0.0143. The Morgan fingerprint density at radius 1 is 1.00 bits per heavy atom. The van der Waals surface area contributed by atoms with Crippen LogP contribution in [-0.4, -0.2) is 95.5 Å². The van der Waals surface area contributed by atoms with Crippen molar-refractivity contribution in [2.24, 2.45) is 0 Å². The van der Waals surface area contributed by atoms with Gasteiger partial charge in [0.25, 0.3) is 5.91 Å². The predicted octanol–water partition coefficient (Wildman–Crippen LogP) is 1.16. The van der Waals surface area contributed by atoms with Crippen molar-refractivity contribution in [3.63, 3.8) is 0 Å². The molecule has 0 aromatic heterocycles. The molecule has 0 aliphatic carbocycles. The summed E-state index contributed by atoms with van der Waals surface area (Å²) in [4.78, 5) is 45.9. The van der Waals surface area contributed by atoms with Crippen LogP contribution in [0.4, 0.5) is 4.79 Å². The summed E-state index contributed by atoms with van der Waals surface area (Å²) >= 11 is 0. The highest BCUT2D eigenvalue weighted by molar-refractivity contribution is 6.07. The summed E-state index contributed by atoms with van der Waals surface area (Å²) in [7, 11) is 0. The maximum Gasteiger partial charge on any atom is 0.328 e. The van der Waals surface area contributed by atoms with Crippen LogP contribution in [0.2, 0.25) is 0 Å². The maximum atomic E-state index is 13.6. The monoisotopic (exact) mass is 414 g/mol. The molecule has 8 heteroatoms. The highest BCUT2D eigenvalue weighted by Crippen LogP contribution is 2.38. The number of imide groups is 1.